The Morgan fingerprint density at radius 1 is 1.14 bits per heavy atom. The summed E-state index contributed by atoms with van der Waals surface area (Å²) in [5.74, 6) is 0. The molecule has 0 saturated carbocycles. The predicted molar refractivity (Wildman–Crippen MR) is 95.2 cm³/mol. The Morgan fingerprint density at radius 2 is 1.86 bits per heavy atom. The fraction of sp³-hybridized carbons (Fsp3) is 0.789. The Hall–Kier alpha value is -0.340. The first-order valence-electron chi connectivity index (χ1n) is 9.17. The van der Waals surface area contributed by atoms with Crippen LogP contribution in [-0.2, 0) is 6.42 Å². The van der Waals surface area contributed by atoms with Crippen LogP contribution in [0.15, 0.2) is 11.4 Å². The summed E-state index contributed by atoms with van der Waals surface area (Å²) in [4.78, 5) is 1.64. The van der Waals surface area contributed by atoms with Crippen LogP contribution in [0.25, 0.3) is 0 Å². The molecule has 1 N–H and O–H groups in total. The maximum atomic E-state index is 4.02. The first-order valence-corrected chi connectivity index (χ1v) is 10.1. The second-order valence-electron chi connectivity index (χ2n) is 6.60. The minimum atomic E-state index is 0.633. The van der Waals surface area contributed by atoms with Gasteiger partial charge in [0.1, 0.15) is 0 Å². The van der Waals surface area contributed by atoms with Gasteiger partial charge in [0.25, 0.3) is 0 Å². The van der Waals surface area contributed by atoms with Crippen molar-refractivity contribution in [1.82, 2.24) is 5.32 Å². The van der Waals surface area contributed by atoms with Gasteiger partial charge in [-0.2, -0.15) is 0 Å². The number of unbranched alkanes of at least 4 members (excludes halogenated alkanes) is 4. The number of thiophene rings is 1. The van der Waals surface area contributed by atoms with Crippen LogP contribution in [0, 0.1) is 0 Å². The average Bonchev–Trinajstić information content (AvgIpc) is 2.97. The second kappa shape index (κ2) is 9.63. The van der Waals surface area contributed by atoms with E-state index in [0.717, 1.165) is 6.04 Å². The van der Waals surface area contributed by atoms with Crippen LogP contribution in [0.2, 0.25) is 0 Å². The lowest BCUT2D eigenvalue weighted by atomic mass is 9.92. The summed E-state index contributed by atoms with van der Waals surface area (Å²) in [6.45, 7) is 4.61. The summed E-state index contributed by atoms with van der Waals surface area (Å²) in [6, 6.07) is 3.73. The van der Waals surface area contributed by atoms with Gasteiger partial charge in [0.2, 0.25) is 0 Å². The normalized spacial score (nSPS) is 18.1. The van der Waals surface area contributed by atoms with Crippen molar-refractivity contribution in [2.45, 2.75) is 96.6 Å². The zero-order chi connectivity index (χ0) is 14.9. The van der Waals surface area contributed by atoms with E-state index in [0.29, 0.717) is 6.04 Å². The van der Waals surface area contributed by atoms with Gasteiger partial charge in [0.05, 0.1) is 0 Å². The van der Waals surface area contributed by atoms with Crippen LogP contribution in [0.1, 0.15) is 94.5 Å². The molecule has 0 bridgehead atoms. The van der Waals surface area contributed by atoms with E-state index in [1.807, 2.05) is 11.3 Å². The fourth-order valence-electron chi connectivity index (χ4n) is 3.54. The molecule has 1 aliphatic rings. The molecule has 21 heavy (non-hydrogen) atoms. The molecule has 1 aromatic heterocycles. The van der Waals surface area contributed by atoms with Gasteiger partial charge in [-0.3, -0.25) is 0 Å². The van der Waals surface area contributed by atoms with Crippen molar-refractivity contribution < 1.29 is 0 Å². The summed E-state index contributed by atoms with van der Waals surface area (Å²) in [5.41, 5.74) is 1.61. The fourth-order valence-corrected chi connectivity index (χ4v) is 4.52. The van der Waals surface area contributed by atoms with Crippen LogP contribution >= 0.6 is 11.3 Å². The largest absolute Gasteiger partial charge is 0.307 e. The zero-order valence-electron chi connectivity index (χ0n) is 14.0. The summed E-state index contributed by atoms with van der Waals surface area (Å²) in [5, 5.41) is 6.31. The first kappa shape index (κ1) is 17.0. The van der Waals surface area contributed by atoms with Gasteiger partial charge >= 0.3 is 0 Å². The molecule has 120 valence electrons. The van der Waals surface area contributed by atoms with Crippen molar-refractivity contribution in [3.63, 3.8) is 0 Å². The van der Waals surface area contributed by atoms with Crippen molar-refractivity contribution in [3.8, 4) is 0 Å². The molecule has 0 aromatic carbocycles. The molecule has 1 atom stereocenters. The molecule has 0 amide bonds. The highest BCUT2D eigenvalue weighted by Gasteiger charge is 2.23. The summed E-state index contributed by atoms with van der Waals surface area (Å²) in [6.07, 6.45) is 15.0. The molecule has 1 nitrogen and oxygen atoms in total. The van der Waals surface area contributed by atoms with Gasteiger partial charge in [0, 0.05) is 17.0 Å². The summed E-state index contributed by atoms with van der Waals surface area (Å²) in [7, 11) is 0. The van der Waals surface area contributed by atoms with Crippen LogP contribution in [0.5, 0.6) is 0 Å². The van der Waals surface area contributed by atoms with Gasteiger partial charge < -0.3 is 5.32 Å². The topological polar surface area (TPSA) is 12.0 Å². The SMILES string of the molecule is CCCCCC(CCCCC)NC1CCCc2sccc21. The van der Waals surface area contributed by atoms with Crippen LogP contribution in [0.3, 0.4) is 0 Å². The Balaban J connectivity index is 1.88. The molecule has 1 heterocycles. The minimum Gasteiger partial charge on any atom is -0.307 e. The molecule has 0 saturated heterocycles. The number of hydrogen-bond donors (Lipinski definition) is 1. The van der Waals surface area contributed by atoms with E-state index in [4.69, 9.17) is 0 Å². The number of hydrogen-bond acceptors (Lipinski definition) is 2. The highest BCUT2D eigenvalue weighted by Crippen LogP contribution is 2.34. The smallest absolute Gasteiger partial charge is 0.0333 e. The van der Waals surface area contributed by atoms with Crippen LogP contribution in [0.4, 0.5) is 0 Å². The lowest BCUT2D eigenvalue weighted by molar-refractivity contribution is 0.350. The van der Waals surface area contributed by atoms with E-state index >= 15 is 0 Å². The number of aryl methyl sites for hydroxylation is 1. The van der Waals surface area contributed by atoms with Crippen molar-refractivity contribution in [3.05, 3.63) is 21.9 Å². The lowest BCUT2D eigenvalue weighted by Gasteiger charge is -2.29. The standard InChI is InChI=1S/C19H33NS/c1-3-5-7-10-16(11-8-6-4-2)20-18-12-9-13-19-17(18)14-15-21-19/h14-16,18,20H,3-13H2,1-2H3. The number of fused-ring (bicyclic) bond motifs is 1. The Labute approximate surface area is 135 Å². The molecule has 1 aliphatic carbocycles. The number of nitrogens with one attached hydrogen (secondary N) is 1. The molecule has 1 unspecified atom stereocenters. The van der Waals surface area contributed by atoms with Crippen molar-refractivity contribution >= 4 is 11.3 Å². The predicted octanol–water partition coefficient (Wildman–Crippen LogP) is 6.24. The van der Waals surface area contributed by atoms with Crippen molar-refractivity contribution in [2.75, 3.05) is 0 Å². The molecule has 0 aliphatic heterocycles. The van der Waals surface area contributed by atoms with Crippen molar-refractivity contribution in [2.24, 2.45) is 0 Å². The molecule has 0 radical (unpaired) electrons. The van der Waals surface area contributed by atoms with Gasteiger partial charge in [-0.1, -0.05) is 52.4 Å². The summed E-state index contributed by atoms with van der Waals surface area (Å²) >= 11 is 1.96. The van der Waals surface area contributed by atoms with Gasteiger partial charge in [-0.15, -0.1) is 11.3 Å². The highest BCUT2D eigenvalue weighted by atomic mass is 32.1. The maximum absolute atomic E-state index is 4.02. The van der Waals surface area contributed by atoms with E-state index < -0.39 is 0 Å². The van der Waals surface area contributed by atoms with Crippen molar-refractivity contribution in [1.29, 1.82) is 0 Å². The molecule has 0 fully saturated rings. The quantitative estimate of drug-likeness (QED) is 0.504. The molecule has 0 spiro atoms. The van der Waals surface area contributed by atoms with Gasteiger partial charge in [-0.25, -0.2) is 0 Å². The zero-order valence-corrected chi connectivity index (χ0v) is 14.8. The van der Waals surface area contributed by atoms with Gasteiger partial charge in [0.15, 0.2) is 0 Å². The van der Waals surface area contributed by atoms with E-state index in [1.54, 1.807) is 10.4 Å². The Morgan fingerprint density at radius 3 is 2.52 bits per heavy atom. The van der Waals surface area contributed by atoms with E-state index in [2.05, 4.69) is 30.6 Å². The highest BCUT2D eigenvalue weighted by molar-refractivity contribution is 7.10. The average molecular weight is 308 g/mol. The second-order valence-corrected chi connectivity index (χ2v) is 7.60. The third kappa shape index (κ3) is 5.41. The van der Waals surface area contributed by atoms with Crippen LogP contribution in [-0.4, -0.2) is 6.04 Å². The first-order chi connectivity index (χ1) is 10.3. The minimum absolute atomic E-state index is 0.633. The number of rotatable bonds is 10. The summed E-state index contributed by atoms with van der Waals surface area (Å²) < 4.78 is 0. The molecule has 2 rings (SSSR count). The Bertz CT molecular complexity index is 375. The van der Waals surface area contributed by atoms with E-state index in [-0.39, 0.29) is 0 Å². The third-order valence-electron chi connectivity index (χ3n) is 4.80. The van der Waals surface area contributed by atoms with Crippen LogP contribution < -0.4 is 5.32 Å². The monoisotopic (exact) mass is 307 g/mol. The third-order valence-corrected chi connectivity index (χ3v) is 5.80. The Kier molecular flexibility index (Phi) is 7.81. The molecule has 1 aromatic rings. The van der Waals surface area contributed by atoms with E-state index in [1.165, 1.54) is 70.6 Å². The van der Waals surface area contributed by atoms with E-state index in [9.17, 15) is 0 Å². The molecule has 2 heteroatoms. The van der Waals surface area contributed by atoms with Gasteiger partial charge in [-0.05, 0) is 49.1 Å². The molecular weight excluding hydrogens is 274 g/mol. The maximum Gasteiger partial charge on any atom is 0.0333 e. The lowest BCUT2D eigenvalue weighted by Crippen LogP contribution is -2.34. The molecular formula is C19H33NS.